The van der Waals surface area contributed by atoms with Crippen LogP contribution in [0.15, 0.2) is 70.0 Å². The van der Waals surface area contributed by atoms with E-state index in [1.807, 2.05) is 17.5 Å². The summed E-state index contributed by atoms with van der Waals surface area (Å²) in [5.41, 5.74) is 2.67. The number of anilines is 2. The van der Waals surface area contributed by atoms with E-state index in [1.165, 1.54) is 48.9 Å². The topological polar surface area (TPSA) is 123 Å². The zero-order valence-electron chi connectivity index (χ0n) is 15.1. The van der Waals surface area contributed by atoms with Gasteiger partial charge in [-0.2, -0.15) is 5.10 Å². The fourth-order valence-electron chi connectivity index (χ4n) is 2.34. The van der Waals surface area contributed by atoms with Crippen molar-refractivity contribution >= 4 is 44.6 Å². The molecule has 0 spiro atoms. The number of rotatable bonds is 8. The van der Waals surface area contributed by atoms with E-state index >= 15 is 0 Å². The molecule has 0 atom stereocenters. The fraction of sp³-hybridized carbons (Fsp3) is 0.0556. The first-order valence-corrected chi connectivity index (χ1v) is 10.5. The lowest BCUT2D eigenvalue weighted by atomic mass is 10.3. The molecular formula is C18H16N4O5S2. The first-order valence-electron chi connectivity index (χ1n) is 8.17. The second-order valence-corrected chi connectivity index (χ2v) is 8.29. The maximum absolute atomic E-state index is 12.9. The molecule has 0 bridgehead atoms. The van der Waals surface area contributed by atoms with E-state index in [9.17, 15) is 18.5 Å². The normalized spacial score (nSPS) is 11.3. The number of nitro groups is 1. The summed E-state index contributed by atoms with van der Waals surface area (Å²) in [4.78, 5) is 11.0. The Hall–Kier alpha value is -3.44. The summed E-state index contributed by atoms with van der Waals surface area (Å²) in [6, 6.07) is 13.4. The lowest BCUT2D eigenvalue weighted by Gasteiger charge is -2.12. The van der Waals surface area contributed by atoms with Crippen LogP contribution in [0.4, 0.5) is 17.1 Å². The molecule has 9 nitrogen and oxygen atoms in total. The summed E-state index contributed by atoms with van der Waals surface area (Å²) in [7, 11) is -2.64. The Bertz CT molecular complexity index is 1130. The Morgan fingerprint density at radius 1 is 1.17 bits per heavy atom. The second kappa shape index (κ2) is 8.71. The molecule has 3 aromatic rings. The third-order valence-corrected chi connectivity index (χ3v) is 5.96. The SMILES string of the molecule is COc1ccc(NS(=O)(=O)c2cc([N+](=O)[O-])ccc2NN=Cc2cccs2)cc1. The van der Waals surface area contributed by atoms with Crippen molar-refractivity contribution in [3.05, 3.63) is 75.0 Å². The van der Waals surface area contributed by atoms with Gasteiger partial charge in [-0.15, -0.1) is 11.3 Å². The average molecular weight is 432 g/mol. The smallest absolute Gasteiger partial charge is 0.270 e. The Balaban J connectivity index is 1.92. The van der Waals surface area contributed by atoms with Crippen molar-refractivity contribution in [1.29, 1.82) is 0 Å². The highest BCUT2D eigenvalue weighted by Gasteiger charge is 2.22. The third-order valence-electron chi connectivity index (χ3n) is 3.73. The lowest BCUT2D eigenvalue weighted by Crippen LogP contribution is -2.15. The van der Waals surface area contributed by atoms with Gasteiger partial charge in [-0.05, 0) is 41.8 Å². The monoisotopic (exact) mass is 432 g/mol. The van der Waals surface area contributed by atoms with Crippen LogP contribution in [0.1, 0.15) is 4.88 Å². The summed E-state index contributed by atoms with van der Waals surface area (Å²) < 4.78 is 33.2. The van der Waals surface area contributed by atoms with Crippen molar-refractivity contribution in [1.82, 2.24) is 0 Å². The molecule has 1 heterocycles. The standard InChI is InChI=1S/C18H16N4O5S2/c1-27-15-7-4-13(5-8-15)21-29(25,26)18-11-14(22(23)24)6-9-17(18)20-19-12-16-3-2-10-28-16/h2-12,20-21H,1H3. The molecule has 0 saturated carbocycles. The molecule has 0 fully saturated rings. The first kappa shape index (κ1) is 20.3. The minimum absolute atomic E-state index is 0.101. The molecule has 0 radical (unpaired) electrons. The number of nitro benzene ring substituents is 1. The van der Waals surface area contributed by atoms with Crippen LogP contribution in [0.3, 0.4) is 0 Å². The molecule has 0 saturated heterocycles. The van der Waals surface area contributed by atoms with Gasteiger partial charge in [-0.3, -0.25) is 20.3 Å². The number of sulfonamides is 1. The highest BCUT2D eigenvalue weighted by molar-refractivity contribution is 7.92. The van der Waals surface area contributed by atoms with Gasteiger partial charge in [0.1, 0.15) is 10.6 Å². The van der Waals surface area contributed by atoms with Gasteiger partial charge in [-0.1, -0.05) is 6.07 Å². The second-order valence-electron chi connectivity index (χ2n) is 5.66. The number of hydrazone groups is 1. The van der Waals surface area contributed by atoms with Crippen LogP contribution in [-0.2, 0) is 10.0 Å². The zero-order valence-corrected chi connectivity index (χ0v) is 16.7. The van der Waals surface area contributed by atoms with E-state index in [1.54, 1.807) is 12.1 Å². The van der Waals surface area contributed by atoms with Crippen molar-refractivity contribution < 1.29 is 18.1 Å². The van der Waals surface area contributed by atoms with Crippen LogP contribution in [-0.4, -0.2) is 26.7 Å². The molecule has 1 aromatic heterocycles. The molecule has 150 valence electrons. The van der Waals surface area contributed by atoms with Crippen molar-refractivity contribution in [2.24, 2.45) is 5.10 Å². The van der Waals surface area contributed by atoms with E-state index in [-0.39, 0.29) is 22.0 Å². The predicted molar refractivity (Wildman–Crippen MR) is 112 cm³/mol. The predicted octanol–water partition coefficient (Wildman–Crippen LogP) is 3.91. The summed E-state index contributed by atoms with van der Waals surface area (Å²) in [6.45, 7) is 0. The number of ether oxygens (including phenoxy) is 1. The first-order chi connectivity index (χ1) is 13.9. The molecule has 0 aliphatic heterocycles. The highest BCUT2D eigenvalue weighted by atomic mass is 32.2. The van der Waals surface area contributed by atoms with Crippen LogP contribution in [0, 0.1) is 10.1 Å². The largest absolute Gasteiger partial charge is 0.497 e. The van der Waals surface area contributed by atoms with Crippen LogP contribution in [0.25, 0.3) is 0 Å². The molecule has 3 rings (SSSR count). The fourth-order valence-corrected chi connectivity index (χ4v) is 4.16. The Labute approximate surface area is 170 Å². The number of non-ortho nitro benzene ring substituents is 1. The quantitative estimate of drug-likeness (QED) is 0.316. The van der Waals surface area contributed by atoms with Crippen LogP contribution in [0.5, 0.6) is 5.75 Å². The Kier molecular flexibility index (Phi) is 6.10. The van der Waals surface area contributed by atoms with Gasteiger partial charge in [-0.25, -0.2) is 8.42 Å². The minimum Gasteiger partial charge on any atom is -0.497 e. The van der Waals surface area contributed by atoms with Gasteiger partial charge in [0.05, 0.1) is 23.9 Å². The van der Waals surface area contributed by atoms with Crippen molar-refractivity contribution in [3.63, 3.8) is 0 Å². The molecule has 0 aliphatic carbocycles. The van der Waals surface area contributed by atoms with Gasteiger partial charge in [0.2, 0.25) is 0 Å². The third kappa shape index (κ3) is 5.09. The Morgan fingerprint density at radius 3 is 2.55 bits per heavy atom. The average Bonchev–Trinajstić information content (AvgIpc) is 3.22. The maximum atomic E-state index is 12.9. The van der Waals surface area contributed by atoms with Crippen LogP contribution < -0.4 is 14.9 Å². The summed E-state index contributed by atoms with van der Waals surface area (Å²) in [6.07, 6.45) is 1.53. The number of hydrogen-bond acceptors (Lipinski definition) is 8. The number of methoxy groups -OCH3 is 1. The van der Waals surface area contributed by atoms with Gasteiger partial charge in [0.15, 0.2) is 0 Å². The molecule has 11 heteroatoms. The lowest BCUT2D eigenvalue weighted by molar-refractivity contribution is -0.385. The van der Waals surface area contributed by atoms with E-state index in [0.717, 1.165) is 10.9 Å². The molecule has 0 amide bonds. The van der Waals surface area contributed by atoms with Gasteiger partial charge in [0.25, 0.3) is 15.7 Å². The van der Waals surface area contributed by atoms with E-state index in [4.69, 9.17) is 4.74 Å². The van der Waals surface area contributed by atoms with Gasteiger partial charge < -0.3 is 4.74 Å². The number of thiophene rings is 1. The van der Waals surface area contributed by atoms with E-state index < -0.39 is 14.9 Å². The number of nitrogens with one attached hydrogen (secondary N) is 2. The van der Waals surface area contributed by atoms with E-state index in [2.05, 4.69) is 15.2 Å². The summed E-state index contributed by atoms with van der Waals surface area (Å²) in [5, 5.41) is 17.0. The van der Waals surface area contributed by atoms with Crippen molar-refractivity contribution in [2.75, 3.05) is 17.3 Å². The highest BCUT2D eigenvalue weighted by Crippen LogP contribution is 2.28. The van der Waals surface area contributed by atoms with Crippen LogP contribution >= 0.6 is 11.3 Å². The van der Waals surface area contributed by atoms with Crippen molar-refractivity contribution in [2.45, 2.75) is 4.90 Å². The molecule has 0 aliphatic rings. The molecule has 29 heavy (non-hydrogen) atoms. The van der Waals surface area contributed by atoms with Gasteiger partial charge in [0, 0.05) is 22.7 Å². The molecule has 2 aromatic carbocycles. The minimum atomic E-state index is -4.13. The number of nitrogens with zero attached hydrogens (tertiary/aromatic N) is 2. The van der Waals surface area contributed by atoms with Gasteiger partial charge >= 0.3 is 0 Å². The van der Waals surface area contributed by atoms with E-state index in [0.29, 0.717) is 5.75 Å². The molecule has 0 unspecified atom stereocenters. The Morgan fingerprint density at radius 2 is 1.93 bits per heavy atom. The van der Waals surface area contributed by atoms with Crippen molar-refractivity contribution in [3.8, 4) is 5.75 Å². The van der Waals surface area contributed by atoms with Crippen LogP contribution in [0.2, 0.25) is 0 Å². The summed E-state index contributed by atoms with van der Waals surface area (Å²) >= 11 is 1.46. The molecule has 2 N–H and O–H groups in total. The molecular weight excluding hydrogens is 416 g/mol. The number of benzene rings is 2. The summed E-state index contributed by atoms with van der Waals surface area (Å²) in [5.74, 6) is 0.563. The maximum Gasteiger partial charge on any atom is 0.270 e. The number of hydrogen-bond donors (Lipinski definition) is 2. The zero-order chi connectivity index (χ0) is 20.9.